The average Bonchev–Trinajstić information content (AvgIpc) is 3.59. The predicted octanol–water partition coefficient (Wildman–Crippen LogP) is 7.29. The average molecular weight is 700 g/mol. The minimum Gasteiger partial charge on any atom is -0.483 e. The van der Waals surface area contributed by atoms with Gasteiger partial charge in [0.05, 0.1) is 4.92 Å². The molecule has 0 spiro atoms. The summed E-state index contributed by atoms with van der Waals surface area (Å²) in [5.74, 6) is 0. The van der Waals surface area contributed by atoms with Gasteiger partial charge in [0.2, 0.25) is 0 Å². The van der Waals surface area contributed by atoms with Gasteiger partial charge in [0.25, 0.3) is 12.2 Å². The van der Waals surface area contributed by atoms with Crippen LogP contribution in [0.2, 0.25) is 0 Å². The fraction of sp³-hybridized carbons (Fsp3) is 0.457. The Balaban J connectivity index is 0.000000456. The monoisotopic (exact) mass is 699 g/mol. The van der Waals surface area contributed by atoms with E-state index >= 15 is 0 Å². The number of carboxylic acid groups (broad SMARTS) is 1. The highest BCUT2D eigenvalue weighted by atomic mass is 16.6. The van der Waals surface area contributed by atoms with Crippen LogP contribution in [0.1, 0.15) is 80.6 Å². The van der Waals surface area contributed by atoms with Crippen LogP contribution in [-0.4, -0.2) is 62.9 Å². The Kier molecular flexibility index (Phi) is 14.4. The van der Waals surface area contributed by atoms with Crippen molar-refractivity contribution in [3.8, 4) is 0 Å². The second kappa shape index (κ2) is 16.9. The summed E-state index contributed by atoms with van der Waals surface area (Å²) in [4.78, 5) is 49.1. The van der Waals surface area contributed by atoms with E-state index in [4.69, 9.17) is 25.1 Å². The molecule has 0 saturated carbocycles. The fourth-order valence-corrected chi connectivity index (χ4v) is 4.52. The van der Waals surface area contributed by atoms with Crippen molar-refractivity contribution in [2.45, 2.75) is 91.3 Å². The number of nitrogens with two attached hydrogens (primary N) is 1. The molecule has 15 heteroatoms. The Labute approximate surface area is 292 Å². The molecule has 0 unspecified atom stereocenters. The molecule has 2 aromatic carbocycles. The molecule has 0 radical (unpaired) electrons. The van der Waals surface area contributed by atoms with Gasteiger partial charge in [-0.05, 0) is 77.9 Å². The molecule has 50 heavy (non-hydrogen) atoms. The number of nitrogens with one attached hydrogen (secondary N) is 4. The molecule has 2 aromatic heterocycles. The summed E-state index contributed by atoms with van der Waals surface area (Å²) in [6, 6.07) is 14.4. The molecule has 0 bridgehead atoms. The van der Waals surface area contributed by atoms with Crippen LogP contribution >= 0.6 is 0 Å². The quantitative estimate of drug-likeness (QED) is 0.0439. The molecule has 10 N–H and O–H groups in total. The molecule has 276 valence electrons. The molecule has 4 rings (SSSR count). The van der Waals surface area contributed by atoms with Crippen LogP contribution in [-0.2, 0) is 25.1 Å². The standard InChI is InChI=1S/C17H23N3O4.C17H25N3O2.CH2O2.H3N/c1-16(2,3)24-15(21)18-10-17(4,5)14-9-11-8-12(20(22)23)6-7-13(11)19-14;1-16(2,3)22-15(21)19-10-17(4,5)14-9-11-8-12(18)6-7-13(11)20-14;2-1-3;/h6-9,19H,10H2,1-5H3,(H,18,21);6-9,20H,10,18H2,1-5H3,(H,19,21);1H,(H,2,3);1H3. The van der Waals surface area contributed by atoms with E-state index in [1.165, 1.54) is 12.1 Å². The zero-order valence-corrected chi connectivity index (χ0v) is 30.6. The lowest BCUT2D eigenvalue weighted by Crippen LogP contribution is -2.39. The summed E-state index contributed by atoms with van der Waals surface area (Å²) < 4.78 is 10.5. The predicted molar refractivity (Wildman–Crippen MR) is 196 cm³/mol. The highest BCUT2D eigenvalue weighted by Gasteiger charge is 2.27. The molecule has 4 aromatic rings. The van der Waals surface area contributed by atoms with Crippen LogP contribution in [0, 0.1) is 10.1 Å². The van der Waals surface area contributed by atoms with E-state index in [1.54, 1.807) is 6.07 Å². The molecular weight excluding hydrogens is 646 g/mol. The van der Waals surface area contributed by atoms with Gasteiger partial charge in [-0.25, -0.2) is 9.59 Å². The minimum absolute atomic E-state index is 0. The molecule has 2 heterocycles. The minimum atomic E-state index is -0.547. The van der Waals surface area contributed by atoms with E-state index in [9.17, 15) is 19.7 Å². The summed E-state index contributed by atoms with van der Waals surface area (Å²) in [6.07, 6.45) is -0.872. The van der Waals surface area contributed by atoms with Gasteiger partial charge in [-0.3, -0.25) is 14.9 Å². The third-order valence-electron chi connectivity index (χ3n) is 7.07. The number of amides is 2. The topological polar surface area (TPSA) is 250 Å². The summed E-state index contributed by atoms with van der Waals surface area (Å²) in [5.41, 5.74) is 8.72. The highest BCUT2D eigenvalue weighted by Crippen LogP contribution is 2.29. The number of nitrogens with zero attached hydrogens (tertiary/aromatic N) is 1. The molecule has 0 aliphatic carbocycles. The second-order valence-corrected chi connectivity index (χ2v) is 14.8. The van der Waals surface area contributed by atoms with Gasteiger partial charge in [0.1, 0.15) is 11.2 Å². The number of hydrogen-bond donors (Lipinski definition) is 7. The van der Waals surface area contributed by atoms with Gasteiger partial charge in [-0.15, -0.1) is 0 Å². The SMILES string of the molecule is CC(C)(C)OC(=O)NCC(C)(C)c1cc2cc(N)ccc2[nH]1.CC(C)(C)OC(=O)NCC(C)(C)c1cc2cc([N+](=O)[O-])ccc2[nH]1.N.O=CO. The maximum absolute atomic E-state index is 11.8. The highest BCUT2D eigenvalue weighted by molar-refractivity contribution is 5.84. The van der Waals surface area contributed by atoms with Crippen molar-refractivity contribution in [3.05, 3.63) is 70.0 Å². The van der Waals surface area contributed by atoms with Crippen LogP contribution in [0.3, 0.4) is 0 Å². The molecule has 2 amide bonds. The molecule has 0 fully saturated rings. The summed E-state index contributed by atoms with van der Waals surface area (Å²) in [6.45, 7) is 19.7. The zero-order valence-electron chi connectivity index (χ0n) is 30.6. The third kappa shape index (κ3) is 13.3. The molecule has 0 aliphatic heterocycles. The number of aromatic amines is 2. The first-order valence-corrected chi connectivity index (χ1v) is 15.6. The Bertz CT molecular complexity index is 1760. The van der Waals surface area contributed by atoms with Crippen molar-refractivity contribution in [1.29, 1.82) is 0 Å². The largest absolute Gasteiger partial charge is 0.483 e. The van der Waals surface area contributed by atoms with Crippen LogP contribution in [0.5, 0.6) is 0 Å². The van der Waals surface area contributed by atoms with Crippen molar-refractivity contribution in [2.24, 2.45) is 0 Å². The number of rotatable bonds is 7. The van der Waals surface area contributed by atoms with Crippen molar-refractivity contribution in [2.75, 3.05) is 18.8 Å². The number of nitro benzene ring substituents is 1. The van der Waals surface area contributed by atoms with Crippen LogP contribution in [0.4, 0.5) is 21.0 Å². The molecular formula is C35H53N7O8. The molecule has 15 nitrogen and oxygen atoms in total. The lowest BCUT2D eigenvalue weighted by atomic mass is 9.89. The number of H-pyrrole nitrogens is 2. The van der Waals surface area contributed by atoms with Crippen molar-refractivity contribution in [1.82, 2.24) is 26.8 Å². The lowest BCUT2D eigenvalue weighted by molar-refractivity contribution is -0.384. The number of nitro groups is 1. The first kappa shape index (κ1) is 42.7. The van der Waals surface area contributed by atoms with E-state index in [1.807, 2.05) is 79.7 Å². The van der Waals surface area contributed by atoms with E-state index in [0.717, 1.165) is 38.9 Å². The van der Waals surface area contributed by atoms with Crippen molar-refractivity contribution >= 4 is 51.8 Å². The van der Waals surface area contributed by atoms with E-state index < -0.39 is 28.3 Å². The first-order chi connectivity index (χ1) is 22.5. The summed E-state index contributed by atoms with van der Waals surface area (Å²) >= 11 is 0. The summed E-state index contributed by atoms with van der Waals surface area (Å²) in [7, 11) is 0. The maximum atomic E-state index is 11.8. The van der Waals surface area contributed by atoms with Crippen LogP contribution in [0.15, 0.2) is 48.5 Å². The number of non-ortho nitro benzene ring substituents is 1. The van der Waals surface area contributed by atoms with Gasteiger partial charge < -0.3 is 47.1 Å². The second-order valence-electron chi connectivity index (χ2n) is 14.8. The fourth-order valence-electron chi connectivity index (χ4n) is 4.52. The number of carbonyl (C=O) groups excluding carboxylic acids is 2. The number of fused-ring (bicyclic) bond motifs is 2. The van der Waals surface area contributed by atoms with Crippen LogP contribution in [0.25, 0.3) is 21.8 Å². The molecule has 0 saturated heterocycles. The zero-order chi connectivity index (χ0) is 37.4. The number of benzene rings is 2. The third-order valence-corrected chi connectivity index (χ3v) is 7.07. The normalized spacial score (nSPS) is 11.6. The van der Waals surface area contributed by atoms with Crippen molar-refractivity contribution in [3.63, 3.8) is 0 Å². The Morgan fingerprint density at radius 3 is 1.54 bits per heavy atom. The van der Waals surface area contributed by atoms with Gasteiger partial charge in [-0.1, -0.05) is 27.7 Å². The number of alkyl carbamates (subject to hydrolysis) is 2. The van der Waals surface area contributed by atoms with Gasteiger partial charge in [-0.2, -0.15) is 0 Å². The van der Waals surface area contributed by atoms with Gasteiger partial charge in [0, 0.05) is 74.9 Å². The number of ether oxygens (including phenoxy) is 2. The Hall–Kier alpha value is -5.31. The number of hydrogen-bond acceptors (Lipinski definition) is 9. The van der Waals surface area contributed by atoms with Crippen LogP contribution < -0.4 is 22.5 Å². The first-order valence-electron chi connectivity index (χ1n) is 15.6. The number of aromatic nitrogens is 2. The molecule has 0 aliphatic rings. The van der Waals surface area contributed by atoms with E-state index in [2.05, 4.69) is 40.5 Å². The van der Waals surface area contributed by atoms with Crippen molar-refractivity contribution < 1.29 is 33.9 Å². The number of nitrogen functional groups attached to an aromatic ring is 1. The summed E-state index contributed by atoms with van der Waals surface area (Å²) in [5, 5.41) is 25.2. The number of carbonyl (C=O) groups is 3. The van der Waals surface area contributed by atoms with Gasteiger partial charge in [0.15, 0.2) is 0 Å². The van der Waals surface area contributed by atoms with E-state index in [-0.39, 0.29) is 29.1 Å². The Morgan fingerprint density at radius 1 is 0.780 bits per heavy atom. The lowest BCUT2D eigenvalue weighted by Gasteiger charge is -2.25. The smallest absolute Gasteiger partial charge is 0.407 e. The maximum Gasteiger partial charge on any atom is 0.407 e. The molecule has 0 atom stereocenters. The van der Waals surface area contributed by atoms with Gasteiger partial charge >= 0.3 is 12.2 Å². The van der Waals surface area contributed by atoms with E-state index in [0.29, 0.717) is 13.1 Å². The number of anilines is 1. The Morgan fingerprint density at radius 2 is 1.16 bits per heavy atom.